The van der Waals surface area contributed by atoms with Crippen LogP contribution in [0.3, 0.4) is 0 Å². The summed E-state index contributed by atoms with van der Waals surface area (Å²) < 4.78 is 0. The SMILES string of the molecule is CC(C)(C)C1CCN(Cc2ccc(C=CC(=O)O)s2)CC1. The molecule has 0 radical (unpaired) electrons. The molecule has 1 aliphatic heterocycles. The highest BCUT2D eigenvalue weighted by Crippen LogP contribution is 2.34. The maximum absolute atomic E-state index is 10.5. The molecular weight excluding hydrogens is 282 g/mol. The van der Waals surface area contributed by atoms with E-state index >= 15 is 0 Å². The van der Waals surface area contributed by atoms with Crippen molar-refractivity contribution in [2.24, 2.45) is 11.3 Å². The number of carbonyl (C=O) groups is 1. The lowest BCUT2D eigenvalue weighted by atomic mass is 9.75. The summed E-state index contributed by atoms with van der Waals surface area (Å²) in [5.41, 5.74) is 0.420. The van der Waals surface area contributed by atoms with E-state index in [1.807, 2.05) is 6.07 Å². The molecular formula is C17H25NO2S. The van der Waals surface area contributed by atoms with Crippen LogP contribution in [-0.4, -0.2) is 29.1 Å². The standard InChI is InChI=1S/C17H25NO2S/c1-17(2,3)13-8-10-18(11-9-13)12-15-5-4-14(21-15)6-7-16(19)20/h4-7,13H,8-12H2,1-3H3,(H,19,20). The molecule has 0 saturated carbocycles. The van der Waals surface area contributed by atoms with Crippen LogP contribution >= 0.6 is 11.3 Å². The molecule has 0 unspecified atom stereocenters. The van der Waals surface area contributed by atoms with Crippen LogP contribution in [0.1, 0.15) is 43.4 Å². The van der Waals surface area contributed by atoms with E-state index in [4.69, 9.17) is 5.11 Å². The van der Waals surface area contributed by atoms with E-state index in [-0.39, 0.29) is 0 Å². The van der Waals surface area contributed by atoms with E-state index < -0.39 is 5.97 Å². The van der Waals surface area contributed by atoms with Crippen molar-refractivity contribution in [2.45, 2.75) is 40.2 Å². The van der Waals surface area contributed by atoms with E-state index in [1.165, 1.54) is 36.9 Å². The highest BCUT2D eigenvalue weighted by molar-refractivity contribution is 7.12. The van der Waals surface area contributed by atoms with Gasteiger partial charge in [-0.3, -0.25) is 4.90 Å². The third kappa shape index (κ3) is 4.97. The first-order chi connectivity index (χ1) is 9.84. The molecule has 0 spiro atoms. The third-order valence-corrected chi connectivity index (χ3v) is 5.30. The van der Waals surface area contributed by atoms with E-state index in [1.54, 1.807) is 17.4 Å². The molecule has 1 aromatic heterocycles. The highest BCUT2D eigenvalue weighted by Gasteiger charge is 2.28. The number of likely N-dealkylation sites (tertiary alicyclic amines) is 1. The number of carboxylic acid groups (broad SMARTS) is 1. The van der Waals surface area contributed by atoms with E-state index in [9.17, 15) is 4.79 Å². The smallest absolute Gasteiger partial charge is 0.328 e. The molecule has 2 heterocycles. The molecule has 2 rings (SSSR count). The number of hydrogen-bond acceptors (Lipinski definition) is 3. The Balaban J connectivity index is 1.85. The normalized spacial score (nSPS) is 18.4. The van der Waals surface area contributed by atoms with Crippen LogP contribution in [-0.2, 0) is 11.3 Å². The zero-order chi connectivity index (χ0) is 15.5. The number of rotatable bonds is 4. The van der Waals surface area contributed by atoms with Crippen LogP contribution < -0.4 is 0 Å². The second-order valence-electron chi connectivity index (χ2n) is 6.89. The lowest BCUT2D eigenvalue weighted by molar-refractivity contribution is -0.131. The fourth-order valence-electron chi connectivity index (χ4n) is 2.90. The summed E-state index contributed by atoms with van der Waals surface area (Å²) in [6.07, 6.45) is 5.42. The van der Waals surface area contributed by atoms with Gasteiger partial charge in [0, 0.05) is 22.4 Å². The highest BCUT2D eigenvalue weighted by atomic mass is 32.1. The summed E-state index contributed by atoms with van der Waals surface area (Å²) in [5, 5.41) is 8.64. The fourth-order valence-corrected chi connectivity index (χ4v) is 3.86. The first kappa shape index (κ1) is 16.2. The van der Waals surface area contributed by atoms with Gasteiger partial charge in [-0.15, -0.1) is 11.3 Å². The number of aliphatic carboxylic acids is 1. The predicted molar refractivity (Wildman–Crippen MR) is 88.4 cm³/mol. The number of nitrogens with zero attached hydrogens (tertiary/aromatic N) is 1. The van der Waals surface area contributed by atoms with E-state index in [2.05, 4.69) is 31.7 Å². The van der Waals surface area contributed by atoms with Gasteiger partial charge in [-0.2, -0.15) is 0 Å². The van der Waals surface area contributed by atoms with Crippen molar-refractivity contribution in [1.82, 2.24) is 4.90 Å². The van der Waals surface area contributed by atoms with Gasteiger partial charge in [0.25, 0.3) is 0 Å². The van der Waals surface area contributed by atoms with Gasteiger partial charge < -0.3 is 5.11 Å². The lowest BCUT2D eigenvalue weighted by Gasteiger charge is -2.38. The molecule has 0 atom stereocenters. The summed E-state index contributed by atoms with van der Waals surface area (Å²) in [5.74, 6) is -0.0691. The predicted octanol–water partition coefficient (Wildman–Crippen LogP) is 4.10. The van der Waals surface area contributed by atoms with Gasteiger partial charge in [-0.25, -0.2) is 4.79 Å². The van der Waals surface area contributed by atoms with Gasteiger partial charge in [0.15, 0.2) is 0 Å². The van der Waals surface area contributed by atoms with Gasteiger partial charge >= 0.3 is 5.97 Å². The Bertz CT molecular complexity index is 505. The summed E-state index contributed by atoms with van der Waals surface area (Å²) in [4.78, 5) is 15.4. The number of carboxylic acids is 1. The molecule has 0 amide bonds. The molecule has 0 aromatic carbocycles. The Labute approximate surface area is 131 Å². The second-order valence-corrected chi connectivity index (χ2v) is 8.09. The van der Waals surface area contributed by atoms with E-state index in [0.29, 0.717) is 5.41 Å². The van der Waals surface area contributed by atoms with E-state index in [0.717, 1.165) is 17.3 Å². The number of thiophene rings is 1. The summed E-state index contributed by atoms with van der Waals surface area (Å²) in [7, 11) is 0. The molecule has 116 valence electrons. The molecule has 0 aliphatic carbocycles. The molecule has 21 heavy (non-hydrogen) atoms. The summed E-state index contributed by atoms with van der Waals surface area (Å²) >= 11 is 1.68. The summed E-state index contributed by atoms with van der Waals surface area (Å²) in [6, 6.07) is 4.11. The molecule has 1 fully saturated rings. The Morgan fingerprint density at radius 1 is 1.38 bits per heavy atom. The van der Waals surface area contributed by atoms with Gasteiger partial charge in [0.1, 0.15) is 0 Å². The molecule has 1 saturated heterocycles. The minimum Gasteiger partial charge on any atom is -0.478 e. The lowest BCUT2D eigenvalue weighted by Crippen LogP contribution is -2.37. The molecule has 1 aliphatic rings. The fraction of sp³-hybridized carbons (Fsp3) is 0.588. The molecule has 0 bridgehead atoms. The minimum atomic E-state index is -0.894. The molecule has 1 aromatic rings. The zero-order valence-corrected chi connectivity index (χ0v) is 13.9. The van der Waals surface area contributed by atoms with Gasteiger partial charge in [0.2, 0.25) is 0 Å². The molecule has 4 heteroatoms. The average molecular weight is 307 g/mol. The van der Waals surface area contributed by atoms with Crippen molar-refractivity contribution in [3.05, 3.63) is 28.0 Å². The van der Waals surface area contributed by atoms with Gasteiger partial charge in [-0.05, 0) is 55.5 Å². The Hall–Kier alpha value is -1.13. The van der Waals surface area contributed by atoms with Crippen LogP contribution in [0.5, 0.6) is 0 Å². The van der Waals surface area contributed by atoms with Crippen molar-refractivity contribution in [1.29, 1.82) is 0 Å². The van der Waals surface area contributed by atoms with Crippen molar-refractivity contribution < 1.29 is 9.90 Å². The van der Waals surface area contributed by atoms with Crippen molar-refractivity contribution in [2.75, 3.05) is 13.1 Å². The van der Waals surface area contributed by atoms with Crippen molar-refractivity contribution >= 4 is 23.4 Å². The van der Waals surface area contributed by atoms with Crippen LogP contribution in [0.4, 0.5) is 0 Å². The topological polar surface area (TPSA) is 40.5 Å². The quantitative estimate of drug-likeness (QED) is 0.851. The van der Waals surface area contributed by atoms with Crippen molar-refractivity contribution in [3.63, 3.8) is 0 Å². The Kier molecular flexibility index (Phi) is 5.22. The number of hydrogen-bond donors (Lipinski definition) is 1. The Morgan fingerprint density at radius 3 is 2.62 bits per heavy atom. The van der Waals surface area contributed by atoms with Crippen LogP contribution in [0, 0.1) is 11.3 Å². The first-order valence-corrected chi connectivity index (χ1v) is 8.38. The minimum absolute atomic E-state index is 0.420. The number of piperidine rings is 1. The van der Waals surface area contributed by atoms with Gasteiger partial charge in [-0.1, -0.05) is 20.8 Å². The van der Waals surface area contributed by atoms with Crippen LogP contribution in [0.2, 0.25) is 0 Å². The molecule has 1 N–H and O–H groups in total. The molecule has 3 nitrogen and oxygen atoms in total. The van der Waals surface area contributed by atoms with Gasteiger partial charge in [0.05, 0.1) is 0 Å². The first-order valence-electron chi connectivity index (χ1n) is 7.56. The average Bonchev–Trinajstić information content (AvgIpc) is 2.83. The third-order valence-electron chi connectivity index (χ3n) is 4.26. The van der Waals surface area contributed by atoms with Crippen molar-refractivity contribution in [3.8, 4) is 0 Å². The Morgan fingerprint density at radius 2 is 2.05 bits per heavy atom. The maximum atomic E-state index is 10.5. The summed E-state index contributed by atoms with van der Waals surface area (Å²) in [6.45, 7) is 10.3. The van der Waals surface area contributed by atoms with Crippen LogP contribution in [0.15, 0.2) is 18.2 Å². The largest absolute Gasteiger partial charge is 0.478 e. The zero-order valence-electron chi connectivity index (χ0n) is 13.1. The monoisotopic (exact) mass is 307 g/mol. The second kappa shape index (κ2) is 6.75. The maximum Gasteiger partial charge on any atom is 0.328 e. The van der Waals surface area contributed by atoms with Crippen LogP contribution in [0.25, 0.3) is 6.08 Å².